The van der Waals surface area contributed by atoms with Gasteiger partial charge in [-0.2, -0.15) is 0 Å². The Labute approximate surface area is 145 Å². The predicted molar refractivity (Wildman–Crippen MR) is 94.5 cm³/mol. The third-order valence-corrected chi connectivity index (χ3v) is 5.16. The molecular weight excluding hydrogens is 302 g/mol. The van der Waals surface area contributed by atoms with Crippen LogP contribution in [0.3, 0.4) is 0 Å². The number of esters is 1. The van der Waals surface area contributed by atoms with Gasteiger partial charge in [0.15, 0.2) is 0 Å². The average molecular weight is 331 g/mol. The zero-order chi connectivity index (χ0) is 17.7. The lowest BCUT2D eigenvalue weighted by molar-refractivity contribution is -0.126. The summed E-state index contributed by atoms with van der Waals surface area (Å²) in [7, 11) is 1.37. The fourth-order valence-electron chi connectivity index (χ4n) is 3.43. The Hall–Kier alpha value is -1.84. The van der Waals surface area contributed by atoms with Crippen LogP contribution in [0.25, 0.3) is 0 Å². The van der Waals surface area contributed by atoms with Gasteiger partial charge in [-0.05, 0) is 54.7 Å². The van der Waals surface area contributed by atoms with E-state index >= 15 is 0 Å². The summed E-state index contributed by atoms with van der Waals surface area (Å²) in [5.41, 5.74) is 1.84. The number of carbonyl (C=O) groups excluding carboxylic acids is 2. The number of hydrogen-bond acceptors (Lipinski definition) is 3. The Balaban J connectivity index is 1.80. The molecule has 0 spiro atoms. The van der Waals surface area contributed by atoms with Crippen LogP contribution in [0.2, 0.25) is 0 Å². The average Bonchev–Trinajstić information content (AvgIpc) is 2.58. The first-order valence-corrected chi connectivity index (χ1v) is 8.76. The smallest absolute Gasteiger partial charge is 0.337 e. The molecule has 0 radical (unpaired) electrons. The highest BCUT2D eigenvalue weighted by Crippen LogP contribution is 2.39. The van der Waals surface area contributed by atoms with Crippen LogP contribution in [-0.2, 0) is 16.1 Å². The van der Waals surface area contributed by atoms with E-state index < -0.39 is 0 Å². The first kappa shape index (κ1) is 18.5. The molecule has 1 aromatic rings. The predicted octanol–water partition coefficient (Wildman–Crippen LogP) is 3.94. The normalized spacial score (nSPS) is 21.2. The molecule has 0 unspecified atom stereocenters. The van der Waals surface area contributed by atoms with Crippen molar-refractivity contribution in [3.05, 3.63) is 35.4 Å². The van der Waals surface area contributed by atoms with Crippen molar-refractivity contribution in [2.45, 2.75) is 53.0 Å². The summed E-state index contributed by atoms with van der Waals surface area (Å²) in [6.07, 6.45) is 4.23. The van der Waals surface area contributed by atoms with Gasteiger partial charge >= 0.3 is 5.97 Å². The van der Waals surface area contributed by atoms with Crippen molar-refractivity contribution < 1.29 is 14.3 Å². The van der Waals surface area contributed by atoms with Crippen LogP contribution < -0.4 is 5.32 Å². The van der Waals surface area contributed by atoms with Crippen LogP contribution >= 0.6 is 0 Å². The zero-order valence-corrected chi connectivity index (χ0v) is 15.2. The maximum absolute atomic E-state index is 12.4. The molecule has 1 fully saturated rings. The van der Waals surface area contributed by atoms with Crippen molar-refractivity contribution in [3.63, 3.8) is 0 Å². The van der Waals surface area contributed by atoms with Gasteiger partial charge in [0.25, 0.3) is 0 Å². The maximum Gasteiger partial charge on any atom is 0.337 e. The monoisotopic (exact) mass is 331 g/mol. The standard InChI is InChI=1S/C20H29NO3/c1-20(2,3)17-11-9-15(10-12-17)18(22)21-13-14-5-7-16(8-6-14)19(23)24-4/h5-8,15,17H,9-13H2,1-4H3,(H,21,22). The van der Waals surface area contributed by atoms with E-state index in [-0.39, 0.29) is 17.8 Å². The van der Waals surface area contributed by atoms with Gasteiger partial charge in [0.2, 0.25) is 5.91 Å². The van der Waals surface area contributed by atoms with Gasteiger partial charge in [0.05, 0.1) is 12.7 Å². The maximum atomic E-state index is 12.4. The molecule has 0 heterocycles. The second-order valence-corrected chi connectivity index (χ2v) is 7.82. The van der Waals surface area contributed by atoms with Crippen molar-refractivity contribution in [2.75, 3.05) is 7.11 Å². The molecule has 1 amide bonds. The summed E-state index contributed by atoms with van der Waals surface area (Å²) >= 11 is 0. The number of benzene rings is 1. The number of hydrogen-bond donors (Lipinski definition) is 1. The van der Waals surface area contributed by atoms with Crippen LogP contribution in [0.4, 0.5) is 0 Å². The van der Waals surface area contributed by atoms with Crippen LogP contribution in [0.15, 0.2) is 24.3 Å². The molecule has 0 saturated heterocycles. The molecule has 1 aliphatic rings. The summed E-state index contributed by atoms with van der Waals surface area (Å²) in [6.45, 7) is 7.36. The first-order chi connectivity index (χ1) is 11.3. The Morgan fingerprint density at radius 2 is 1.67 bits per heavy atom. The number of methoxy groups -OCH3 is 1. The lowest BCUT2D eigenvalue weighted by Gasteiger charge is -2.36. The Kier molecular flexibility index (Phi) is 6.03. The van der Waals surface area contributed by atoms with Crippen molar-refractivity contribution in [3.8, 4) is 0 Å². The van der Waals surface area contributed by atoms with Crippen LogP contribution in [-0.4, -0.2) is 19.0 Å². The van der Waals surface area contributed by atoms with E-state index in [1.165, 1.54) is 7.11 Å². The lowest BCUT2D eigenvalue weighted by atomic mass is 9.69. The summed E-state index contributed by atoms with van der Waals surface area (Å²) < 4.78 is 4.68. The number of carbonyl (C=O) groups is 2. The van der Waals surface area contributed by atoms with Gasteiger partial charge in [-0.3, -0.25) is 4.79 Å². The van der Waals surface area contributed by atoms with E-state index in [9.17, 15) is 9.59 Å². The highest BCUT2D eigenvalue weighted by molar-refractivity contribution is 5.89. The summed E-state index contributed by atoms with van der Waals surface area (Å²) in [5.74, 6) is 0.658. The van der Waals surface area contributed by atoms with E-state index in [2.05, 4.69) is 30.8 Å². The van der Waals surface area contributed by atoms with Crippen LogP contribution in [0.5, 0.6) is 0 Å². The molecule has 24 heavy (non-hydrogen) atoms. The second kappa shape index (κ2) is 7.82. The summed E-state index contributed by atoms with van der Waals surface area (Å²) in [6, 6.07) is 7.15. The number of nitrogens with one attached hydrogen (secondary N) is 1. The third-order valence-electron chi connectivity index (χ3n) is 5.16. The second-order valence-electron chi connectivity index (χ2n) is 7.82. The van der Waals surface area contributed by atoms with Gasteiger partial charge in [-0.25, -0.2) is 4.79 Å². The topological polar surface area (TPSA) is 55.4 Å². The van der Waals surface area contributed by atoms with Crippen molar-refractivity contribution in [1.82, 2.24) is 5.32 Å². The van der Waals surface area contributed by atoms with Gasteiger partial charge in [-0.1, -0.05) is 32.9 Å². The molecule has 132 valence electrons. The van der Waals surface area contributed by atoms with Gasteiger partial charge in [0.1, 0.15) is 0 Å². The number of rotatable bonds is 4. The van der Waals surface area contributed by atoms with E-state index in [1.807, 2.05) is 12.1 Å². The van der Waals surface area contributed by atoms with Gasteiger partial charge in [0, 0.05) is 12.5 Å². The van der Waals surface area contributed by atoms with Crippen molar-refractivity contribution in [2.24, 2.45) is 17.3 Å². The first-order valence-electron chi connectivity index (χ1n) is 8.76. The molecule has 4 nitrogen and oxygen atoms in total. The minimum Gasteiger partial charge on any atom is -0.465 e. The third kappa shape index (κ3) is 4.83. The molecule has 4 heteroatoms. The number of amides is 1. The molecule has 2 rings (SSSR count). The number of ether oxygens (including phenoxy) is 1. The largest absolute Gasteiger partial charge is 0.465 e. The molecule has 0 aliphatic heterocycles. The Bertz CT molecular complexity index is 564. The van der Waals surface area contributed by atoms with Crippen LogP contribution in [0, 0.1) is 17.3 Å². The Morgan fingerprint density at radius 1 is 1.08 bits per heavy atom. The molecular formula is C20H29NO3. The van der Waals surface area contributed by atoms with E-state index in [4.69, 9.17) is 0 Å². The quantitative estimate of drug-likeness (QED) is 0.850. The highest BCUT2D eigenvalue weighted by Gasteiger charge is 2.32. The molecule has 0 bridgehead atoms. The molecule has 1 aliphatic carbocycles. The SMILES string of the molecule is COC(=O)c1ccc(CNC(=O)C2CCC(C(C)(C)C)CC2)cc1. The zero-order valence-electron chi connectivity index (χ0n) is 15.2. The summed E-state index contributed by atoms with van der Waals surface area (Å²) in [5, 5.41) is 3.03. The fraction of sp³-hybridized carbons (Fsp3) is 0.600. The molecule has 1 aromatic carbocycles. The lowest BCUT2D eigenvalue weighted by Crippen LogP contribution is -2.35. The van der Waals surface area contributed by atoms with Crippen molar-refractivity contribution in [1.29, 1.82) is 0 Å². The molecule has 1 N–H and O–H groups in total. The minimum absolute atomic E-state index is 0.137. The highest BCUT2D eigenvalue weighted by atomic mass is 16.5. The molecule has 0 aromatic heterocycles. The van der Waals surface area contributed by atoms with E-state index in [0.717, 1.165) is 31.2 Å². The summed E-state index contributed by atoms with van der Waals surface area (Å²) in [4.78, 5) is 23.8. The van der Waals surface area contributed by atoms with Crippen LogP contribution in [0.1, 0.15) is 62.4 Å². The fourth-order valence-corrected chi connectivity index (χ4v) is 3.43. The van der Waals surface area contributed by atoms with Gasteiger partial charge < -0.3 is 10.1 Å². The van der Waals surface area contributed by atoms with E-state index in [1.54, 1.807) is 12.1 Å². The minimum atomic E-state index is -0.346. The van der Waals surface area contributed by atoms with Gasteiger partial charge in [-0.15, -0.1) is 0 Å². The van der Waals surface area contributed by atoms with E-state index in [0.29, 0.717) is 23.4 Å². The molecule has 0 atom stereocenters. The molecule has 1 saturated carbocycles. The van der Waals surface area contributed by atoms with Crippen molar-refractivity contribution >= 4 is 11.9 Å². The Morgan fingerprint density at radius 3 is 2.17 bits per heavy atom.